The van der Waals surface area contributed by atoms with Gasteiger partial charge in [-0.15, -0.1) is 0 Å². The molecule has 1 unspecified atom stereocenters. The molecule has 7 nitrogen and oxygen atoms in total. The van der Waals surface area contributed by atoms with Crippen LogP contribution in [0.4, 0.5) is 13.2 Å². The molecule has 2 amide bonds. The number of likely N-dealkylation sites (tertiary alicyclic amines) is 1. The number of alkyl halides is 3. The van der Waals surface area contributed by atoms with Crippen molar-refractivity contribution in [3.63, 3.8) is 0 Å². The molecule has 1 aliphatic carbocycles. The van der Waals surface area contributed by atoms with Crippen LogP contribution >= 0.6 is 0 Å². The number of carbonyl (C=O) groups is 3. The molecule has 0 bridgehead atoms. The molecule has 3 rings (SSSR count). The van der Waals surface area contributed by atoms with Crippen LogP contribution in [0.1, 0.15) is 69.3 Å². The summed E-state index contributed by atoms with van der Waals surface area (Å²) in [5, 5.41) is 16.0. The number of carboxylic acids is 1. The van der Waals surface area contributed by atoms with Crippen LogP contribution in [-0.2, 0) is 15.8 Å². The number of nitrogens with one attached hydrogen (secondary N) is 2. The number of benzene rings is 1. The summed E-state index contributed by atoms with van der Waals surface area (Å²) in [5.74, 6) is -2.16. The van der Waals surface area contributed by atoms with Gasteiger partial charge in [0.25, 0.3) is 5.91 Å². The molecule has 10 heteroatoms. The van der Waals surface area contributed by atoms with Crippen molar-refractivity contribution in [2.24, 2.45) is 5.41 Å². The van der Waals surface area contributed by atoms with Gasteiger partial charge in [0.2, 0.25) is 5.91 Å². The molecule has 0 aromatic heterocycles. The van der Waals surface area contributed by atoms with Crippen LogP contribution in [0.3, 0.4) is 0 Å². The van der Waals surface area contributed by atoms with Gasteiger partial charge < -0.3 is 20.6 Å². The summed E-state index contributed by atoms with van der Waals surface area (Å²) in [6.07, 6.45) is -2.76. The molecule has 1 saturated carbocycles. The maximum Gasteiger partial charge on any atom is 0.416 e. The molecular formula is C24H32F3N3O4. The van der Waals surface area contributed by atoms with Crippen molar-refractivity contribution in [3.8, 4) is 0 Å². The number of halogens is 3. The standard InChI is InChI=1S/C24H32F3N3O4/c1-22(2,3)29-16-8-9-18(23(4,13-16)21(33)34)30-11-10-17(20(30)32)28-19(31)14-6-5-7-15(12-14)24(25,26)27/h5-7,12,16-18,29H,8-11,13H2,1-4H3,(H,28,31)(H,33,34)/t16-,17?,18+,23-/m1/s1. The summed E-state index contributed by atoms with van der Waals surface area (Å²) in [7, 11) is 0. The van der Waals surface area contributed by atoms with Gasteiger partial charge >= 0.3 is 12.1 Å². The molecule has 0 radical (unpaired) electrons. The van der Waals surface area contributed by atoms with E-state index in [0.29, 0.717) is 19.3 Å². The van der Waals surface area contributed by atoms with Crippen molar-refractivity contribution in [1.82, 2.24) is 15.5 Å². The van der Waals surface area contributed by atoms with Crippen LogP contribution in [0.15, 0.2) is 24.3 Å². The van der Waals surface area contributed by atoms with Gasteiger partial charge in [-0.25, -0.2) is 0 Å². The van der Waals surface area contributed by atoms with Gasteiger partial charge in [-0.3, -0.25) is 14.4 Å². The Bertz CT molecular complexity index is 960. The fourth-order valence-electron chi connectivity index (χ4n) is 5.12. The predicted molar refractivity (Wildman–Crippen MR) is 119 cm³/mol. The Kier molecular flexibility index (Phi) is 7.04. The molecule has 188 valence electrons. The van der Waals surface area contributed by atoms with E-state index in [1.165, 1.54) is 11.0 Å². The lowest BCUT2D eigenvalue weighted by molar-refractivity contribution is -0.158. The first kappa shape index (κ1) is 26.0. The van der Waals surface area contributed by atoms with E-state index in [1.807, 2.05) is 20.8 Å². The highest BCUT2D eigenvalue weighted by Crippen LogP contribution is 2.41. The summed E-state index contributed by atoms with van der Waals surface area (Å²) in [6.45, 7) is 7.96. The molecule has 3 N–H and O–H groups in total. The third-order valence-electron chi connectivity index (χ3n) is 6.69. The molecule has 2 fully saturated rings. The van der Waals surface area contributed by atoms with Gasteiger partial charge in [-0.1, -0.05) is 6.07 Å². The minimum Gasteiger partial charge on any atom is -0.481 e. The van der Waals surface area contributed by atoms with Gasteiger partial charge in [-0.2, -0.15) is 13.2 Å². The highest BCUT2D eigenvalue weighted by Gasteiger charge is 2.52. The van der Waals surface area contributed by atoms with Crippen LogP contribution in [-0.4, -0.2) is 58.0 Å². The number of carboxylic acid groups (broad SMARTS) is 1. The smallest absolute Gasteiger partial charge is 0.416 e. The van der Waals surface area contributed by atoms with E-state index >= 15 is 0 Å². The first-order valence-corrected chi connectivity index (χ1v) is 11.4. The van der Waals surface area contributed by atoms with Gasteiger partial charge in [0, 0.05) is 29.7 Å². The molecule has 0 spiro atoms. The van der Waals surface area contributed by atoms with E-state index in [9.17, 15) is 32.7 Å². The van der Waals surface area contributed by atoms with E-state index in [2.05, 4.69) is 10.6 Å². The quantitative estimate of drug-likeness (QED) is 0.596. The van der Waals surface area contributed by atoms with Gasteiger partial charge in [-0.05, 0) is 71.6 Å². The van der Waals surface area contributed by atoms with E-state index < -0.39 is 47.0 Å². The summed E-state index contributed by atoms with van der Waals surface area (Å²) in [6, 6.07) is 2.56. The SMILES string of the molecule is CC(C)(C)N[C@@H]1CC[C@H](N2CCC(NC(=O)c3cccc(C(F)(F)F)c3)C2=O)[C@](C)(C(=O)O)C1. The summed E-state index contributed by atoms with van der Waals surface area (Å²) in [5.41, 5.74) is -2.49. The van der Waals surface area contributed by atoms with E-state index in [4.69, 9.17) is 0 Å². The third kappa shape index (κ3) is 5.54. The van der Waals surface area contributed by atoms with Crippen molar-refractivity contribution in [3.05, 3.63) is 35.4 Å². The third-order valence-corrected chi connectivity index (χ3v) is 6.69. The molecule has 1 heterocycles. The second-order valence-corrected chi connectivity index (χ2v) is 10.5. The Morgan fingerprint density at radius 1 is 1.15 bits per heavy atom. The Morgan fingerprint density at radius 2 is 1.82 bits per heavy atom. The Hall–Kier alpha value is -2.62. The zero-order valence-corrected chi connectivity index (χ0v) is 19.8. The summed E-state index contributed by atoms with van der Waals surface area (Å²) in [4.78, 5) is 39.5. The largest absolute Gasteiger partial charge is 0.481 e. The fourth-order valence-corrected chi connectivity index (χ4v) is 5.12. The van der Waals surface area contributed by atoms with Gasteiger partial charge in [0.15, 0.2) is 0 Å². The van der Waals surface area contributed by atoms with Crippen LogP contribution in [0.5, 0.6) is 0 Å². The minimum absolute atomic E-state index is 0.00790. The van der Waals surface area contributed by atoms with Crippen LogP contribution in [0, 0.1) is 5.41 Å². The first-order chi connectivity index (χ1) is 15.6. The maximum absolute atomic E-state index is 13.1. The Labute approximate surface area is 197 Å². The molecule has 4 atom stereocenters. The number of nitrogens with zero attached hydrogens (tertiary/aromatic N) is 1. The highest BCUT2D eigenvalue weighted by molar-refractivity contribution is 5.98. The maximum atomic E-state index is 13.1. The molecule has 1 aromatic rings. The Balaban J connectivity index is 1.72. The Morgan fingerprint density at radius 3 is 2.41 bits per heavy atom. The average Bonchev–Trinajstić information content (AvgIpc) is 3.06. The fraction of sp³-hybridized carbons (Fsp3) is 0.625. The van der Waals surface area contributed by atoms with Crippen molar-refractivity contribution in [2.75, 3.05) is 6.54 Å². The van der Waals surface area contributed by atoms with Crippen molar-refractivity contribution in [1.29, 1.82) is 0 Å². The zero-order valence-electron chi connectivity index (χ0n) is 19.8. The number of aliphatic carboxylic acids is 1. The molecule has 34 heavy (non-hydrogen) atoms. The van der Waals surface area contributed by atoms with Gasteiger partial charge in [0.1, 0.15) is 6.04 Å². The normalized spacial score (nSPS) is 28.1. The van der Waals surface area contributed by atoms with Crippen molar-refractivity contribution >= 4 is 17.8 Å². The number of amides is 2. The second-order valence-electron chi connectivity index (χ2n) is 10.5. The number of hydrogen-bond acceptors (Lipinski definition) is 4. The van der Waals surface area contributed by atoms with Gasteiger partial charge in [0.05, 0.1) is 11.0 Å². The van der Waals surface area contributed by atoms with E-state index in [-0.39, 0.29) is 30.1 Å². The zero-order chi connectivity index (χ0) is 25.5. The van der Waals surface area contributed by atoms with Crippen LogP contribution < -0.4 is 10.6 Å². The molecule has 2 aliphatic rings. The second kappa shape index (κ2) is 9.20. The summed E-state index contributed by atoms with van der Waals surface area (Å²) < 4.78 is 38.9. The lowest BCUT2D eigenvalue weighted by atomic mass is 9.68. The molecule has 1 aromatic carbocycles. The number of carbonyl (C=O) groups excluding carboxylic acids is 2. The first-order valence-electron chi connectivity index (χ1n) is 11.4. The molecular weight excluding hydrogens is 451 g/mol. The van der Waals surface area contributed by atoms with Crippen molar-refractivity contribution in [2.45, 2.75) is 83.2 Å². The predicted octanol–water partition coefficient (Wildman–Crippen LogP) is 3.44. The average molecular weight is 484 g/mol. The monoisotopic (exact) mass is 483 g/mol. The van der Waals surface area contributed by atoms with E-state index in [0.717, 1.165) is 18.2 Å². The minimum atomic E-state index is -4.59. The molecule has 1 aliphatic heterocycles. The van der Waals surface area contributed by atoms with E-state index in [1.54, 1.807) is 6.92 Å². The number of hydrogen-bond donors (Lipinski definition) is 3. The topological polar surface area (TPSA) is 98.7 Å². The number of rotatable bonds is 5. The summed E-state index contributed by atoms with van der Waals surface area (Å²) >= 11 is 0. The van der Waals surface area contributed by atoms with Crippen LogP contribution in [0.25, 0.3) is 0 Å². The van der Waals surface area contributed by atoms with Crippen molar-refractivity contribution < 1.29 is 32.7 Å². The lowest BCUT2D eigenvalue weighted by Crippen LogP contribution is -2.59. The van der Waals surface area contributed by atoms with Crippen LogP contribution in [0.2, 0.25) is 0 Å². The lowest BCUT2D eigenvalue weighted by Gasteiger charge is -2.47. The highest BCUT2D eigenvalue weighted by atomic mass is 19.4. The molecule has 1 saturated heterocycles.